The van der Waals surface area contributed by atoms with Gasteiger partial charge in [0.25, 0.3) is 0 Å². The van der Waals surface area contributed by atoms with Crippen LogP contribution in [0.1, 0.15) is 34.9 Å². The molecule has 1 atom stereocenters. The fourth-order valence-corrected chi connectivity index (χ4v) is 4.91. The second kappa shape index (κ2) is 6.31. The predicted octanol–water partition coefficient (Wildman–Crippen LogP) is 5.14. The van der Waals surface area contributed by atoms with Crippen molar-refractivity contribution >= 4 is 28.7 Å². The first-order chi connectivity index (χ1) is 11.8. The van der Waals surface area contributed by atoms with Crippen LogP contribution in [-0.2, 0) is 4.74 Å². The SMILES string of the molecule is N#CC1=C(N)OC2=C(CCC/C2=C\c2cccs2)[C@@H]1c1cccs1. The fourth-order valence-electron chi connectivity index (χ4n) is 3.36. The van der Waals surface area contributed by atoms with Crippen LogP contribution in [0.2, 0.25) is 0 Å². The van der Waals surface area contributed by atoms with Crippen molar-refractivity contribution in [3.05, 3.63) is 73.1 Å². The van der Waals surface area contributed by atoms with Crippen LogP contribution in [0, 0.1) is 11.3 Å². The van der Waals surface area contributed by atoms with Crippen LogP contribution in [-0.4, -0.2) is 0 Å². The van der Waals surface area contributed by atoms with Crippen molar-refractivity contribution in [1.29, 1.82) is 5.26 Å². The van der Waals surface area contributed by atoms with E-state index in [1.165, 1.54) is 16.0 Å². The third-order valence-corrected chi connectivity index (χ3v) is 6.15. The summed E-state index contributed by atoms with van der Waals surface area (Å²) in [6.07, 6.45) is 5.18. The molecule has 4 rings (SSSR count). The predicted molar refractivity (Wildman–Crippen MR) is 98.1 cm³/mol. The normalized spacial score (nSPS) is 22.3. The molecule has 2 N–H and O–H groups in total. The van der Waals surface area contributed by atoms with Gasteiger partial charge in [-0.2, -0.15) is 5.26 Å². The first kappa shape index (κ1) is 15.3. The Kier molecular flexibility index (Phi) is 4.01. The molecule has 0 saturated carbocycles. The minimum atomic E-state index is -0.0641. The summed E-state index contributed by atoms with van der Waals surface area (Å²) in [7, 11) is 0. The average Bonchev–Trinajstić information content (AvgIpc) is 3.28. The molecular weight excluding hydrogens is 336 g/mol. The van der Waals surface area contributed by atoms with Gasteiger partial charge in [-0.05, 0) is 59.4 Å². The molecule has 1 aliphatic carbocycles. The summed E-state index contributed by atoms with van der Waals surface area (Å²) in [5.41, 5.74) is 9.02. The van der Waals surface area contributed by atoms with E-state index in [2.05, 4.69) is 29.7 Å². The average molecular weight is 352 g/mol. The molecule has 24 heavy (non-hydrogen) atoms. The molecule has 0 radical (unpaired) electrons. The van der Waals surface area contributed by atoms with Crippen molar-refractivity contribution in [2.45, 2.75) is 25.2 Å². The number of hydrogen-bond acceptors (Lipinski definition) is 5. The van der Waals surface area contributed by atoms with E-state index in [9.17, 15) is 5.26 Å². The van der Waals surface area contributed by atoms with Gasteiger partial charge >= 0.3 is 0 Å². The first-order valence-electron chi connectivity index (χ1n) is 7.86. The lowest BCUT2D eigenvalue weighted by Crippen LogP contribution is -2.23. The lowest BCUT2D eigenvalue weighted by molar-refractivity contribution is 0.277. The van der Waals surface area contributed by atoms with Crippen LogP contribution < -0.4 is 5.73 Å². The lowest BCUT2D eigenvalue weighted by atomic mass is 9.79. The second-order valence-electron chi connectivity index (χ2n) is 5.83. The second-order valence-corrected chi connectivity index (χ2v) is 7.79. The van der Waals surface area contributed by atoms with Crippen molar-refractivity contribution in [2.75, 3.05) is 0 Å². The van der Waals surface area contributed by atoms with E-state index in [1.54, 1.807) is 22.7 Å². The zero-order chi connectivity index (χ0) is 16.5. The van der Waals surface area contributed by atoms with Gasteiger partial charge in [-0.25, -0.2) is 0 Å². The van der Waals surface area contributed by atoms with E-state index in [1.807, 2.05) is 17.5 Å². The van der Waals surface area contributed by atoms with Crippen LogP contribution >= 0.6 is 22.7 Å². The maximum Gasteiger partial charge on any atom is 0.205 e. The van der Waals surface area contributed by atoms with Gasteiger partial charge in [0, 0.05) is 9.75 Å². The zero-order valence-corrected chi connectivity index (χ0v) is 14.6. The Morgan fingerprint density at radius 3 is 2.75 bits per heavy atom. The van der Waals surface area contributed by atoms with Gasteiger partial charge in [0.2, 0.25) is 5.88 Å². The van der Waals surface area contributed by atoms with Crippen LogP contribution in [0.3, 0.4) is 0 Å². The molecule has 3 heterocycles. The number of nitriles is 1. The summed E-state index contributed by atoms with van der Waals surface area (Å²) >= 11 is 3.38. The maximum atomic E-state index is 9.60. The molecule has 2 aromatic rings. The quantitative estimate of drug-likeness (QED) is 0.814. The van der Waals surface area contributed by atoms with Crippen LogP contribution in [0.5, 0.6) is 0 Å². The van der Waals surface area contributed by atoms with Crippen molar-refractivity contribution in [2.24, 2.45) is 5.73 Å². The molecular formula is C19H16N2OS2. The molecule has 3 nitrogen and oxygen atoms in total. The molecule has 120 valence electrons. The van der Waals surface area contributed by atoms with Crippen LogP contribution in [0.4, 0.5) is 0 Å². The van der Waals surface area contributed by atoms with Gasteiger partial charge < -0.3 is 10.5 Å². The summed E-state index contributed by atoms with van der Waals surface area (Å²) in [5.74, 6) is 1.06. The molecule has 0 amide bonds. The Hall–Kier alpha value is -2.29. The molecule has 5 heteroatoms. The molecule has 2 aromatic heterocycles. The van der Waals surface area contributed by atoms with Gasteiger partial charge in [0.15, 0.2) is 0 Å². The summed E-state index contributed by atoms with van der Waals surface area (Å²) in [5, 5.41) is 13.7. The van der Waals surface area contributed by atoms with E-state index in [-0.39, 0.29) is 11.8 Å². The van der Waals surface area contributed by atoms with Crippen molar-refractivity contribution in [3.8, 4) is 6.07 Å². The largest absolute Gasteiger partial charge is 0.440 e. The van der Waals surface area contributed by atoms with Crippen molar-refractivity contribution < 1.29 is 4.74 Å². The van der Waals surface area contributed by atoms with E-state index in [4.69, 9.17) is 10.5 Å². The smallest absolute Gasteiger partial charge is 0.205 e. The first-order valence-corrected chi connectivity index (χ1v) is 9.62. The Morgan fingerprint density at radius 2 is 2.04 bits per heavy atom. The van der Waals surface area contributed by atoms with Gasteiger partial charge in [-0.1, -0.05) is 12.1 Å². The van der Waals surface area contributed by atoms with Crippen molar-refractivity contribution in [1.82, 2.24) is 0 Å². The highest BCUT2D eigenvalue weighted by atomic mass is 32.1. The fraction of sp³-hybridized carbons (Fsp3) is 0.211. The Labute approximate surface area is 149 Å². The molecule has 0 unspecified atom stereocenters. The number of nitrogens with zero attached hydrogens (tertiary/aromatic N) is 1. The number of thiophene rings is 2. The number of ether oxygens (including phenoxy) is 1. The summed E-state index contributed by atoms with van der Waals surface area (Å²) in [6.45, 7) is 0. The summed E-state index contributed by atoms with van der Waals surface area (Å²) in [4.78, 5) is 2.37. The standard InChI is InChI=1S/C19H16N2OS2/c20-11-15-17(16-7-3-9-24-16)14-6-1-4-12(18(14)22-19(15)21)10-13-5-2-8-23-13/h2-3,5,7-10,17H,1,4,6,21H2/b12-10+/t17-/m0/s1. The molecule has 0 saturated heterocycles. The topological polar surface area (TPSA) is 59.0 Å². The Bertz CT molecular complexity index is 880. The highest BCUT2D eigenvalue weighted by Gasteiger charge is 2.35. The van der Waals surface area contributed by atoms with Gasteiger partial charge in [-0.3, -0.25) is 0 Å². The minimum absolute atomic E-state index is 0.0641. The minimum Gasteiger partial charge on any atom is -0.440 e. The van der Waals surface area contributed by atoms with Gasteiger partial charge in [0.05, 0.1) is 5.92 Å². The summed E-state index contributed by atoms with van der Waals surface area (Å²) < 4.78 is 5.94. The Morgan fingerprint density at radius 1 is 1.21 bits per heavy atom. The highest BCUT2D eigenvalue weighted by Crippen LogP contribution is 2.47. The molecule has 0 spiro atoms. The van der Waals surface area contributed by atoms with Gasteiger partial charge in [-0.15, -0.1) is 22.7 Å². The third kappa shape index (κ3) is 2.58. The van der Waals surface area contributed by atoms with E-state index in [0.29, 0.717) is 5.57 Å². The number of nitrogens with two attached hydrogens (primary N) is 1. The zero-order valence-electron chi connectivity index (χ0n) is 13.0. The number of hydrogen-bond donors (Lipinski definition) is 1. The van der Waals surface area contributed by atoms with Gasteiger partial charge in [0.1, 0.15) is 17.4 Å². The maximum absolute atomic E-state index is 9.60. The van der Waals surface area contributed by atoms with Crippen LogP contribution in [0.15, 0.2) is 63.4 Å². The molecule has 0 aromatic carbocycles. The monoisotopic (exact) mass is 352 g/mol. The lowest BCUT2D eigenvalue weighted by Gasteiger charge is -2.32. The number of rotatable bonds is 2. The highest BCUT2D eigenvalue weighted by molar-refractivity contribution is 7.10. The van der Waals surface area contributed by atoms with Crippen LogP contribution in [0.25, 0.3) is 6.08 Å². The molecule has 1 aliphatic heterocycles. The molecule has 0 bridgehead atoms. The van der Waals surface area contributed by atoms with E-state index >= 15 is 0 Å². The summed E-state index contributed by atoms with van der Waals surface area (Å²) in [6, 6.07) is 10.5. The van der Waals surface area contributed by atoms with E-state index in [0.717, 1.165) is 29.9 Å². The molecule has 2 aliphatic rings. The van der Waals surface area contributed by atoms with E-state index < -0.39 is 0 Å². The van der Waals surface area contributed by atoms with Crippen molar-refractivity contribution in [3.63, 3.8) is 0 Å². The third-order valence-electron chi connectivity index (χ3n) is 4.40. The number of allylic oxidation sites excluding steroid dienone is 3. The molecule has 0 fully saturated rings. The Balaban J connectivity index is 1.84.